The molecule has 26 heavy (non-hydrogen) atoms. The van der Waals surface area contributed by atoms with Crippen molar-refractivity contribution in [3.63, 3.8) is 0 Å². The van der Waals surface area contributed by atoms with Crippen molar-refractivity contribution in [2.75, 3.05) is 47.4 Å². The number of hydrogen-bond donors (Lipinski definition) is 4. The maximum Gasteiger partial charge on any atom is 0.225 e. The minimum atomic E-state index is 0.618. The van der Waals surface area contributed by atoms with Crippen LogP contribution in [0.15, 0.2) is 0 Å². The van der Waals surface area contributed by atoms with Crippen molar-refractivity contribution in [1.29, 1.82) is 0 Å². The van der Waals surface area contributed by atoms with Crippen molar-refractivity contribution in [2.24, 2.45) is 11.8 Å². The first-order chi connectivity index (χ1) is 12.8. The van der Waals surface area contributed by atoms with Gasteiger partial charge in [0.25, 0.3) is 0 Å². The third-order valence-electron chi connectivity index (χ3n) is 4.72. The molecule has 140 valence electrons. The predicted molar refractivity (Wildman–Crippen MR) is 106 cm³/mol. The molecule has 0 spiro atoms. The molecule has 2 aromatic rings. The van der Waals surface area contributed by atoms with Gasteiger partial charge in [-0.3, -0.25) is 0 Å². The molecule has 4 N–H and O–H groups in total. The van der Waals surface area contributed by atoms with Gasteiger partial charge < -0.3 is 21.3 Å². The molecule has 0 saturated heterocycles. The Morgan fingerprint density at radius 2 is 1.08 bits per heavy atom. The van der Waals surface area contributed by atoms with E-state index >= 15 is 0 Å². The van der Waals surface area contributed by atoms with Crippen LogP contribution in [0.3, 0.4) is 0 Å². The molecule has 0 atom stereocenters. The van der Waals surface area contributed by atoms with E-state index in [9.17, 15) is 0 Å². The summed E-state index contributed by atoms with van der Waals surface area (Å²) in [5, 5.41) is 13.4. The molecule has 2 aliphatic rings. The zero-order valence-corrected chi connectivity index (χ0v) is 15.6. The van der Waals surface area contributed by atoms with Crippen LogP contribution < -0.4 is 21.3 Å². The molecule has 2 heterocycles. The van der Waals surface area contributed by atoms with Gasteiger partial charge in [0.05, 0.1) is 0 Å². The second kappa shape index (κ2) is 7.47. The van der Waals surface area contributed by atoms with Crippen molar-refractivity contribution < 1.29 is 0 Å². The molecule has 0 radical (unpaired) electrons. The summed E-state index contributed by atoms with van der Waals surface area (Å²) in [7, 11) is 0. The minimum absolute atomic E-state index is 0.618. The predicted octanol–water partition coefficient (Wildman–Crippen LogP) is 2.93. The second-order valence-corrected chi connectivity index (χ2v) is 7.20. The number of aromatic nitrogens is 4. The molecular weight excluding hydrogens is 328 g/mol. The van der Waals surface area contributed by atoms with Crippen LogP contribution in [0.4, 0.5) is 23.5 Å². The van der Waals surface area contributed by atoms with Gasteiger partial charge in [-0.2, -0.15) is 9.97 Å². The first-order valence-corrected chi connectivity index (χ1v) is 9.82. The summed E-state index contributed by atoms with van der Waals surface area (Å²) in [6.07, 6.45) is 5.17. The summed E-state index contributed by atoms with van der Waals surface area (Å²) in [4.78, 5) is 18.7. The van der Waals surface area contributed by atoms with Gasteiger partial charge in [0, 0.05) is 26.2 Å². The molecule has 8 heteroatoms. The number of hydrogen-bond acceptors (Lipinski definition) is 8. The third kappa shape index (κ3) is 4.05. The van der Waals surface area contributed by atoms with Gasteiger partial charge in [-0.25, -0.2) is 9.97 Å². The van der Waals surface area contributed by atoms with E-state index in [1.54, 1.807) is 0 Å². The SMILES string of the molecule is CCNc1nc(NCC2CC2)c2nc(NCC)nc(NCC3CC3)c2n1. The van der Waals surface area contributed by atoms with Gasteiger partial charge in [-0.1, -0.05) is 0 Å². The molecular formula is C18H28N8. The molecule has 8 nitrogen and oxygen atoms in total. The molecule has 2 aliphatic carbocycles. The Morgan fingerprint density at radius 3 is 1.42 bits per heavy atom. The number of rotatable bonds is 10. The monoisotopic (exact) mass is 356 g/mol. The smallest absolute Gasteiger partial charge is 0.225 e. The van der Waals surface area contributed by atoms with E-state index in [1.165, 1.54) is 25.7 Å². The van der Waals surface area contributed by atoms with Crippen molar-refractivity contribution in [1.82, 2.24) is 19.9 Å². The second-order valence-electron chi connectivity index (χ2n) is 7.20. The summed E-state index contributed by atoms with van der Waals surface area (Å²) < 4.78 is 0. The Labute approximate surface area is 154 Å². The highest BCUT2D eigenvalue weighted by molar-refractivity contribution is 5.94. The number of nitrogens with one attached hydrogen (secondary N) is 4. The number of anilines is 4. The maximum atomic E-state index is 4.69. The fourth-order valence-electron chi connectivity index (χ4n) is 2.86. The van der Waals surface area contributed by atoms with Crippen molar-refractivity contribution >= 4 is 34.6 Å². The normalized spacial score (nSPS) is 16.5. The van der Waals surface area contributed by atoms with Crippen LogP contribution in [0.2, 0.25) is 0 Å². The van der Waals surface area contributed by atoms with Gasteiger partial charge in [0.15, 0.2) is 11.6 Å². The van der Waals surface area contributed by atoms with E-state index in [0.717, 1.165) is 60.7 Å². The molecule has 0 aliphatic heterocycles. The van der Waals surface area contributed by atoms with E-state index in [0.29, 0.717) is 11.9 Å². The molecule has 2 aromatic heterocycles. The van der Waals surface area contributed by atoms with Crippen LogP contribution in [0.25, 0.3) is 11.0 Å². The lowest BCUT2D eigenvalue weighted by molar-refractivity contribution is 0.878. The zero-order chi connectivity index (χ0) is 17.9. The first kappa shape index (κ1) is 17.1. The fourth-order valence-corrected chi connectivity index (χ4v) is 2.86. The highest BCUT2D eigenvalue weighted by Gasteiger charge is 2.24. The van der Waals surface area contributed by atoms with Crippen LogP contribution in [0.1, 0.15) is 39.5 Å². The molecule has 0 bridgehead atoms. The summed E-state index contributed by atoms with van der Waals surface area (Å²) in [6.45, 7) is 7.50. The topological polar surface area (TPSA) is 99.7 Å². The van der Waals surface area contributed by atoms with Gasteiger partial charge in [0.2, 0.25) is 11.9 Å². The van der Waals surface area contributed by atoms with Crippen molar-refractivity contribution in [3.8, 4) is 0 Å². The Kier molecular flexibility index (Phi) is 4.90. The largest absolute Gasteiger partial charge is 0.368 e. The Balaban J connectivity index is 1.74. The van der Waals surface area contributed by atoms with E-state index in [-0.39, 0.29) is 0 Å². The standard InChI is InChI=1S/C18H28N8/c1-3-19-17-23-13-14(15(25-17)21-9-11-5-6-11)24-18(20-4-2)26-16(13)22-10-12-7-8-12/h11-12H,3-10H2,1-2H3,(H2,19,21,23,25)(H2,20,22,24,26). The van der Waals surface area contributed by atoms with E-state index in [2.05, 4.69) is 31.2 Å². The lowest BCUT2D eigenvalue weighted by atomic mass is 10.3. The average Bonchev–Trinajstić information content (AvgIpc) is 3.54. The van der Waals surface area contributed by atoms with Gasteiger partial charge in [-0.05, 0) is 51.4 Å². The molecule has 0 aromatic carbocycles. The molecule has 2 saturated carbocycles. The quantitative estimate of drug-likeness (QED) is 0.516. The lowest BCUT2D eigenvalue weighted by Gasteiger charge is -2.15. The van der Waals surface area contributed by atoms with Crippen molar-refractivity contribution in [2.45, 2.75) is 39.5 Å². The van der Waals surface area contributed by atoms with Gasteiger partial charge in [0.1, 0.15) is 11.0 Å². The van der Waals surface area contributed by atoms with Gasteiger partial charge in [-0.15, -0.1) is 0 Å². The number of nitrogens with zero attached hydrogens (tertiary/aromatic N) is 4. The zero-order valence-electron chi connectivity index (χ0n) is 15.6. The molecule has 0 unspecified atom stereocenters. The summed E-state index contributed by atoms with van der Waals surface area (Å²) >= 11 is 0. The molecule has 4 rings (SSSR count). The fraction of sp³-hybridized carbons (Fsp3) is 0.667. The van der Waals surface area contributed by atoms with Crippen LogP contribution in [0.5, 0.6) is 0 Å². The van der Waals surface area contributed by atoms with Crippen LogP contribution in [0, 0.1) is 11.8 Å². The highest BCUT2D eigenvalue weighted by atomic mass is 15.2. The highest BCUT2D eigenvalue weighted by Crippen LogP contribution is 2.33. The van der Waals surface area contributed by atoms with Gasteiger partial charge >= 0.3 is 0 Å². The van der Waals surface area contributed by atoms with Crippen LogP contribution >= 0.6 is 0 Å². The summed E-state index contributed by atoms with van der Waals surface area (Å²) in [5.41, 5.74) is 1.55. The lowest BCUT2D eigenvalue weighted by Crippen LogP contribution is -2.14. The molecule has 2 fully saturated rings. The molecule has 0 amide bonds. The van der Waals surface area contributed by atoms with Crippen LogP contribution in [-0.4, -0.2) is 46.1 Å². The Morgan fingerprint density at radius 1 is 0.654 bits per heavy atom. The summed E-state index contributed by atoms with van der Waals surface area (Å²) in [6, 6.07) is 0. The van der Waals surface area contributed by atoms with E-state index < -0.39 is 0 Å². The Bertz CT molecular complexity index is 704. The van der Waals surface area contributed by atoms with Crippen LogP contribution in [-0.2, 0) is 0 Å². The third-order valence-corrected chi connectivity index (χ3v) is 4.72. The summed E-state index contributed by atoms with van der Waals surface area (Å²) in [5.74, 6) is 4.32. The van der Waals surface area contributed by atoms with Crippen molar-refractivity contribution in [3.05, 3.63) is 0 Å². The first-order valence-electron chi connectivity index (χ1n) is 9.82. The average molecular weight is 356 g/mol. The van der Waals surface area contributed by atoms with E-state index in [4.69, 9.17) is 9.97 Å². The number of fused-ring (bicyclic) bond motifs is 1. The maximum absolute atomic E-state index is 4.69. The van der Waals surface area contributed by atoms with E-state index in [1.807, 2.05) is 13.8 Å². The minimum Gasteiger partial charge on any atom is -0.368 e. The Hall–Kier alpha value is -2.38.